The van der Waals surface area contributed by atoms with Crippen LogP contribution in [0, 0.1) is 23.7 Å². The van der Waals surface area contributed by atoms with E-state index in [9.17, 15) is 14.4 Å². The second-order valence-electron chi connectivity index (χ2n) is 23.4. The molecule has 0 aromatic carbocycles. The van der Waals surface area contributed by atoms with Crippen LogP contribution in [0.15, 0.2) is 23.8 Å². The van der Waals surface area contributed by atoms with Crippen LogP contribution >= 0.6 is 0 Å². The van der Waals surface area contributed by atoms with E-state index < -0.39 is 34.4 Å². The van der Waals surface area contributed by atoms with Crippen LogP contribution in [-0.2, 0) is 37.4 Å². The number of rotatable bonds is 22. The van der Waals surface area contributed by atoms with Gasteiger partial charge in [-0.25, -0.2) is 0 Å². The van der Waals surface area contributed by atoms with Gasteiger partial charge in [-0.1, -0.05) is 81.4 Å². The first kappa shape index (κ1) is 56.6. The molecule has 12 heteroatoms. The van der Waals surface area contributed by atoms with Crippen LogP contribution in [0.5, 0.6) is 0 Å². The Morgan fingerprint density at radius 3 is 2.08 bits per heavy atom. The van der Waals surface area contributed by atoms with Crippen LogP contribution in [0.2, 0.25) is 36.3 Å². The van der Waals surface area contributed by atoms with Gasteiger partial charge in [0.05, 0.1) is 49.0 Å². The second-order valence-corrected chi connectivity index (χ2v) is 32.9. The zero-order valence-electron chi connectivity index (χ0n) is 43.9. The van der Waals surface area contributed by atoms with Crippen LogP contribution < -0.4 is 10.6 Å². The first-order valence-corrected chi connectivity index (χ1v) is 31.1. The molecule has 0 radical (unpaired) electrons. The van der Waals surface area contributed by atoms with E-state index in [2.05, 4.69) is 119 Å². The van der Waals surface area contributed by atoms with Gasteiger partial charge in [0.2, 0.25) is 11.8 Å². The van der Waals surface area contributed by atoms with Gasteiger partial charge in [0.25, 0.3) is 0 Å². The summed E-state index contributed by atoms with van der Waals surface area (Å²) in [5, 5.41) is 6.43. The number of carbonyl (C=O) groups is 3. The molecule has 11 atom stereocenters. The Labute approximate surface area is 393 Å². The van der Waals surface area contributed by atoms with Gasteiger partial charge < -0.3 is 33.7 Å². The summed E-state index contributed by atoms with van der Waals surface area (Å²) in [5.74, 6) is -0.0477. The van der Waals surface area contributed by atoms with Crippen molar-refractivity contribution in [2.24, 2.45) is 23.7 Å². The van der Waals surface area contributed by atoms with Crippen molar-refractivity contribution in [1.82, 2.24) is 10.6 Å². The lowest BCUT2D eigenvalue weighted by molar-refractivity contribution is -0.324. The van der Waals surface area contributed by atoms with Crippen LogP contribution in [0.1, 0.15) is 173 Å². The molecule has 3 rings (SSSR count). The fraction of sp³-hybridized carbons (Fsp3) is 0.865. The van der Waals surface area contributed by atoms with Gasteiger partial charge in [0, 0.05) is 32.4 Å². The van der Waals surface area contributed by atoms with Crippen molar-refractivity contribution in [3.63, 3.8) is 0 Å². The third-order valence-corrected chi connectivity index (χ3v) is 24.7. The number of hydrogen-bond acceptors (Lipinski definition) is 8. The molecule has 0 bridgehead atoms. The summed E-state index contributed by atoms with van der Waals surface area (Å²) in [6, 6.07) is 0. The quantitative estimate of drug-likeness (QED) is 0.0476. The van der Waals surface area contributed by atoms with E-state index in [1.165, 1.54) is 5.57 Å². The number of nitrogens with one attached hydrogen (secondary N) is 2. The Bertz CT molecular complexity index is 1550. The fourth-order valence-corrected chi connectivity index (χ4v) is 11.7. The van der Waals surface area contributed by atoms with Crippen LogP contribution in [0.3, 0.4) is 0 Å². The molecule has 3 saturated heterocycles. The molecule has 3 aliphatic rings. The van der Waals surface area contributed by atoms with Crippen LogP contribution in [0.25, 0.3) is 0 Å². The Hall–Kier alpha value is -1.68. The highest BCUT2D eigenvalue weighted by Crippen LogP contribution is 2.44. The Morgan fingerprint density at radius 1 is 0.797 bits per heavy atom. The van der Waals surface area contributed by atoms with Crippen molar-refractivity contribution in [3.05, 3.63) is 23.8 Å². The van der Waals surface area contributed by atoms with Gasteiger partial charge in [-0.05, 0) is 144 Å². The zero-order chi connectivity index (χ0) is 48.3. The van der Waals surface area contributed by atoms with E-state index >= 15 is 0 Å². The van der Waals surface area contributed by atoms with Crippen molar-refractivity contribution < 1.29 is 37.4 Å². The fourth-order valence-electron chi connectivity index (χ4n) is 8.90. The van der Waals surface area contributed by atoms with Gasteiger partial charge in [0.15, 0.2) is 28.2 Å². The number of ether oxygens (including phenoxy) is 3. The molecule has 2 N–H and O–H groups in total. The van der Waals surface area contributed by atoms with Crippen molar-refractivity contribution in [3.8, 4) is 0 Å². The molecule has 64 heavy (non-hydrogen) atoms. The largest absolute Gasteiger partial charge is 0.411 e. The molecule has 0 unspecified atom stereocenters. The number of amides is 2. The SMILES string of the molecule is C/C=C/C(=O)C[C@@H]1CC[C@@H](C)[C@H](CC(=O)NC[C@H](O[Si](C)(C)C(C)(C)C)[C@@H](C)C(=O)NCCC[C@H]2O[C@@]3(CCC[C@@H](CC[C@H](C)/C=C(\C)[C@H](C)O[Si](C)(C)C(C)(C)C)O3)CC[C@@H]2C)O1. The molecular formula is C52H96N2O8Si2. The molecule has 3 heterocycles. The molecule has 3 aliphatic heterocycles. The second kappa shape index (κ2) is 24.6. The molecule has 3 fully saturated rings. The topological polar surface area (TPSA) is 121 Å². The summed E-state index contributed by atoms with van der Waals surface area (Å²) >= 11 is 0. The monoisotopic (exact) mass is 933 g/mol. The van der Waals surface area contributed by atoms with E-state index in [-0.39, 0.29) is 77.1 Å². The summed E-state index contributed by atoms with van der Waals surface area (Å²) in [7, 11) is -4.13. The third kappa shape index (κ3) is 17.4. The summed E-state index contributed by atoms with van der Waals surface area (Å²) in [4.78, 5) is 39.4. The predicted octanol–water partition coefficient (Wildman–Crippen LogP) is 12.0. The molecular weight excluding hydrogens is 837 g/mol. The Balaban J connectivity index is 1.52. The maximum absolute atomic E-state index is 13.8. The Morgan fingerprint density at radius 2 is 1.44 bits per heavy atom. The van der Waals surface area contributed by atoms with Gasteiger partial charge in [-0.2, -0.15) is 0 Å². The van der Waals surface area contributed by atoms with Crippen molar-refractivity contribution in [2.75, 3.05) is 13.1 Å². The molecule has 0 aromatic rings. The average Bonchev–Trinajstić information content (AvgIpc) is 3.18. The molecule has 10 nitrogen and oxygen atoms in total. The number of ketones is 1. The van der Waals surface area contributed by atoms with Gasteiger partial charge in [-0.15, -0.1) is 0 Å². The van der Waals surface area contributed by atoms with Crippen molar-refractivity contribution in [1.29, 1.82) is 0 Å². The lowest BCUT2D eigenvalue weighted by atomic mass is 9.85. The standard InChI is InChI=1S/C52H96N2O8Si2/c1-18-21-42(55)33-44-27-25-37(3)46(58-44)34-48(56)54-35-47(62-64(16,17)51(11,12)13)40(6)49(57)53-31-20-23-45-38(4)28-30-52(60-45)29-19-22-43(59-52)26-24-36(2)32-39(5)41(7)61-63(14,15)50(8,9)10/h18,21,32,36-38,40-41,43-47H,19-20,22-31,33-35H2,1-17H3,(H,53,57)(H,54,56)/b21-18+,39-32+/t36-,37+,38-,40+,41-,43-,44-,45+,46-,47-,52-/m0/s1. The number of carbonyl (C=O) groups excluding carboxylic acids is 3. The van der Waals surface area contributed by atoms with Gasteiger partial charge >= 0.3 is 0 Å². The van der Waals surface area contributed by atoms with Crippen molar-refractivity contribution in [2.45, 2.75) is 252 Å². The molecule has 1 spiro atoms. The summed E-state index contributed by atoms with van der Waals surface area (Å²) < 4.78 is 33.6. The summed E-state index contributed by atoms with van der Waals surface area (Å²) in [6.07, 6.45) is 16.4. The highest BCUT2D eigenvalue weighted by atomic mass is 28.4. The lowest BCUT2D eigenvalue weighted by Gasteiger charge is -2.48. The predicted molar refractivity (Wildman–Crippen MR) is 267 cm³/mol. The summed E-state index contributed by atoms with van der Waals surface area (Å²) in [5.41, 5.74) is 1.32. The first-order chi connectivity index (χ1) is 29.6. The van der Waals surface area contributed by atoms with E-state index in [1.54, 1.807) is 12.2 Å². The Kier molecular flexibility index (Phi) is 21.7. The van der Waals surface area contributed by atoms with E-state index in [4.69, 9.17) is 23.1 Å². The van der Waals surface area contributed by atoms with E-state index in [0.717, 1.165) is 70.6 Å². The molecule has 2 amide bonds. The van der Waals surface area contributed by atoms with Crippen molar-refractivity contribution >= 4 is 34.2 Å². The maximum atomic E-state index is 13.8. The first-order valence-electron chi connectivity index (χ1n) is 25.3. The molecule has 0 aromatic heterocycles. The third-order valence-electron chi connectivity index (χ3n) is 15.7. The molecule has 370 valence electrons. The normalized spacial score (nSPS) is 28.4. The maximum Gasteiger partial charge on any atom is 0.225 e. The van der Waals surface area contributed by atoms with Gasteiger partial charge in [-0.3, -0.25) is 14.4 Å². The lowest BCUT2D eigenvalue weighted by Crippen LogP contribution is -2.52. The average molecular weight is 934 g/mol. The highest BCUT2D eigenvalue weighted by Gasteiger charge is 2.45. The summed E-state index contributed by atoms with van der Waals surface area (Å²) in [6.45, 7) is 38.1. The molecule has 0 saturated carbocycles. The van der Waals surface area contributed by atoms with Crippen LogP contribution in [0.4, 0.5) is 0 Å². The van der Waals surface area contributed by atoms with Gasteiger partial charge in [0.1, 0.15) is 0 Å². The minimum atomic E-state index is -2.29. The number of hydrogen-bond donors (Lipinski definition) is 2. The number of allylic oxidation sites excluding steroid dienone is 3. The highest BCUT2D eigenvalue weighted by molar-refractivity contribution is 6.74. The van der Waals surface area contributed by atoms with E-state index in [0.29, 0.717) is 24.8 Å². The van der Waals surface area contributed by atoms with E-state index in [1.807, 2.05) is 13.8 Å². The minimum absolute atomic E-state index is 0.0462. The minimum Gasteiger partial charge on any atom is -0.411 e. The zero-order valence-corrected chi connectivity index (χ0v) is 45.9. The molecule has 0 aliphatic carbocycles. The van der Waals surface area contributed by atoms with Crippen LogP contribution in [-0.4, -0.2) is 89.7 Å². The smallest absolute Gasteiger partial charge is 0.225 e.